The van der Waals surface area contributed by atoms with Crippen molar-refractivity contribution in [2.75, 3.05) is 0 Å². The number of primary sulfonamides is 1. The zero-order chi connectivity index (χ0) is 14.6. The summed E-state index contributed by atoms with van der Waals surface area (Å²) >= 11 is 0. The number of nitrogens with zero attached hydrogens (tertiary/aromatic N) is 1. The van der Waals surface area contributed by atoms with Gasteiger partial charge in [0.2, 0.25) is 10.0 Å². The van der Waals surface area contributed by atoms with Gasteiger partial charge < -0.3 is 5.32 Å². The Bertz CT molecular complexity index is 655. The van der Waals surface area contributed by atoms with Gasteiger partial charge in [-0.25, -0.2) is 13.6 Å². The summed E-state index contributed by atoms with van der Waals surface area (Å²) in [5, 5.41) is 8.42. The molecule has 0 aliphatic rings. The lowest BCUT2D eigenvalue weighted by molar-refractivity contribution is 0.573. The Morgan fingerprint density at radius 2 is 1.95 bits per heavy atom. The van der Waals surface area contributed by atoms with Crippen molar-refractivity contribution in [2.45, 2.75) is 24.4 Å². The van der Waals surface area contributed by atoms with Crippen molar-refractivity contribution >= 4 is 10.0 Å². The highest BCUT2D eigenvalue weighted by Gasteiger charge is 2.09. The largest absolute Gasteiger partial charge is 0.306 e. The van der Waals surface area contributed by atoms with Crippen LogP contribution >= 0.6 is 0 Å². The van der Waals surface area contributed by atoms with E-state index < -0.39 is 10.0 Å². The van der Waals surface area contributed by atoms with Gasteiger partial charge in [0.05, 0.1) is 4.90 Å². The lowest BCUT2D eigenvalue weighted by Gasteiger charge is -2.14. The summed E-state index contributed by atoms with van der Waals surface area (Å²) in [6.07, 6.45) is 3.54. The first-order chi connectivity index (χ1) is 9.47. The number of pyridine rings is 1. The first-order valence-corrected chi connectivity index (χ1v) is 7.76. The van der Waals surface area contributed by atoms with Crippen molar-refractivity contribution < 1.29 is 8.42 Å². The number of hydrogen-bond donors (Lipinski definition) is 2. The van der Waals surface area contributed by atoms with Crippen molar-refractivity contribution in [1.82, 2.24) is 10.3 Å². The number of sulfonamides is 1. The van der Waals surface area contributed by atoms with Crippen LogP contribution in [0, 0.1) is 0 Å². The van der Waals surface area contributed by atoms with Gasteiger partial charge in [-0.05, 0) is 36.2 Å². The maximum absolute atomic E-state index is 11.2. The van der Waals surface area contributed by atoms with E-state index in [-0.39, 0.29) is 10.9 Å². The van der Waals surface area contributed by atoms with E-state index in [1.165, 1.54) is 12.1 Å². The minimum absolute atomic E-state index is 0.102. The quantitative estimate of drug-likeness (QED) is 0.876. The molecule has 0 saturated heterocycles. The topological polar surface area (TPSA) is 85.1 Å². The highest BCUT2D eigenvalue weighted by Crippen LogP contribution is 2.15. The van der Waals surface area contributed by atoms with E-state index in [1.54, 1.807) is 18.3 Å². The van der Waals surface area contributed by atoms with Crippen LogP contribution in [0.25, 0.3) is 0 Å². The molecule has 0 saturated carbocycles. The zero-order valence-electron chi connectivity index (χ0n) is 11.2. The van der Waals surface area contributed by atoms with Crippen LogP contribution in [-0.4, -0.2) is 13.4 Å². The lowest BCUT2D eigenvalue weighted by Crippen LogP contribution is -2.18. The molecule has 20 heavy (non-hydrogen) atoms. The number of rotatable bonds is 5. The summed E-state index contributed by atoms with van der Waals surface area (Å²) < 4.78 is 22.4. The van der Waals surface area contributed by atoms with E-state index in [4.69, 9.17) is 5.14 Å². The van der Waals surface area contributed by atoms with Crippen LogP contribution in [0.3, 0.4) is 0 Å². The maximum atomic E-state index is 11.2. The fourth-order valence-corrected chi connectivity index (χ4v) is 2.35. The van der Waals surface area contributed by atoms with Gasteiger partial charge in [0.1, 0.15) is 0 Å². The molecule has 2 rings (SSSR count). The predicted molar refractivity (Wildman–Crippen MR) is 77.3 cm³/mol. The molecule has 1 atom stereocenters. The predicted octanol–water partition coefficient (Wildman–Crippen LogP) is 1.58. The highest BCUT2D eigenvalue weighted by atomic mass is 32.2. The van der Waals surface area contributed by atoms with Crippen LogP contribution in [0.5, 0.6) is 0 Å². The Morgan fingerprint density at radius 3 is 2.50 bits per heavy atom. The Kier molecular flexibility index (Phi) is 4.49. The average molecular weight is 291 g/mol. The normalized spacial score (nSPS) is 13.1. The van der Waals surface area contributed by atoms with Crippen LogP contribution in [0.4, 0.5) is 0 Å². The van der Waals surface area contributed by atoms with Crippen molar-refractivity contribution in [3.05, 3.63) is 59.9 Å². The third-order valence-corrected chi connectivity index (χ3v) is 3.97. The highest BCUT2D eigenvalue weighted by molar-refractivity contribution is 7.89. The lowest BCUT2D eigenvalue weighted by atomic mass is 10.1. The van der Waals surface area contributed by atoms with Crippen LogP contribution in [0.2, 0.25) is 0 Å². The summed E-state index contributed by atoms with van der Waals surface area (Å²) in [5.41, 5.74) is 2.10. The smallest absolute Gasteiger partial charge is 0.238 e. The number of nitrogens with one attached hydrogen (secondary N) is 1. The first-order valence-electron chi connectivity index (χ1n) is 6.22. The Labute approximate surface area is 118 Å². The Morgan fingerprint density at radius 1 is 1.25 bits per heavy atom. The van der Waals surface area contributed by atoms with Gasteiger partial charge in [-0.1, -0.05) is 18.2 Å². The van der Waals surface area contributed by atoms with Gasteiger partial charge in [-0.3, -0.25) is 4.98 Å². The number of nitrogens with two attached hydrogens (primary N) is 1. The van der Waals surface area contributed by atoms with Gasteiger partial charge in [0, 0.05) is 25.0 Å². The molecule has 1 heterocycles. The second kappa shape index (κ2) is 6.13. The van der Waals surface area contributed by atoms with Gasteiger partial charge >= 0.3 is 0 Å². The number of aromatic nitrogens is 1. The summed E-state index contributed by atoms with van der Waals surface area (Å²) in [6, 6.07) is 10.6. The fourth-order valence-electron chi connectivity index (χ4n) is 1.84. The monoisotopic (exact) mass is 291 g/mol. The molecular formula is C14H17N3O2S. The van der Waals surface area contributed by atoms with E-state index in [2.05, 4.69) is 10.3 Å². The van der Waals surface area contributed by atoms with Crippen LogP contribution < -0.4 is 10.5 Å². The summed E-state index contributed by atoms with van der Waals surface area (Å²) in [7, 11) is -3.63. The van der Waals surface area contributed by atoms with Crippen LogP contribution in [0.1, 0.15) is 24.1 Å². The van der Waals surface area contributed by atoms with E-state index in [1.807, 2.05) is 25.3 Å². The molecule has 0 bridgehead atoms. The molecule has 1 unspecified atom stereocenters. The second-order valence-corrected chi connectivity index (χ2v) is 6.14. The van der Waals surface area contributed by atoms with Crippen LogP contribution in [0.15, 0.2) is 53.7 Å². The molecule has 0 amide bonds. The van der Waals surface area contributed by atoms with Gasteiger partial charge in [0.15, 0.2) is 0 Å². The SMILES string of the molecule is CC(NCc1cccnc1)c1ccc(S(N)(=O)=O)cc1. The third-order valence-electron chi connectivity index (χ3n) is 3.04. The van der Waals surface area contributed by atoms with Crippen molar-refractivity contribution in [3.8, 4) is 0 Å². The Balaban J connectivity index is 2.01. The van der Waals surface area contributed by atoms with E-state index >= 15 is 0 Å². The first kappa shape index (κ1) is 14.6. The van der Waals surface area contributed by atoms with Crippen LogP contribution in [-0.2, 0) is 16.6 Å². The Hall–Kier alpha value is -1.76. The number of hydrogen-bond acceptors (Lipinski definition) is 4. The molecule has 0 aliphatic heterocycles. The van der Waals surface area contributed by atoms with Crippen molar-refractivity contribution in [3.63, 3.8) is 0 Å². The van der Waals surface area contributed by atoms with E-state index in [0.717, 1.165) is 11.1 Å². The fraction of sp³-hybridized carbons (Fsp3) is 0.214. The summed E-state index contributed by atoms with van der Waals surface area (Å²) in [5.74, 6) is 0. The molecule has 1 aromatic heterocycles. The third kappa shape index (κ3) is 3.86. The molecule has 5 nitrogen and oxygen atoms in total. The molecule has 0 fully saturated rings. The van der Waals surface area contributed by atoms with Gasteiger partial charge in [-0.15, -0.1) is 0 Å². The van der Waals surface area contributed by atoms with E-state index in [9.17, 15) is 8.42 Å². The van der Waals surface area contributed by atoms with E-state index in [0.29, 0.717) is 6.54 Å². The molecule has 1 aromatic carbocycles. The molecular weight excluding hydrogens is 274 g/mol. The van der Waals surface area contributed by atoms with Crippen molar-refractivity contribution in [2.24, 2.45) is 5.14 Å². The zero-order valence-corrected chi connectivity index (χ0v) is 12.0. The van der Waals surface area contributed by atoms with Gasteiger partial charge in [0.25, 0.3) is 0 Å². The molecule has 0 radical (unpaired) electrons. The molecule has 106 valence electrons. The molecule has 6 heteroatoms. The molecule has 0 spiro atoms. The second-order valence-electron chi connectivity index (χ2n) is 4.58. The minimum Gasteiger partial charge on any atom is -0.306 e. The summed E-state index contributed by atoms with van der Waals surface area (Å²) in [6.45, 7) is 2.72. The number of benzene rings is 1. The average Bonchev–Trinajstić information content (AvgIpc) is 2.45. The molecule has 2 aromatic rings. The molecule has 0 aliphatic carbocycles. The maximum Gasteiger partial charge on any atom is 0.238 e. The standard InChI is InChI=1S/C14H17N3O2S/c1-11(17-10-12-3-2-8-16-9-12)13-4-6-14(7-5-13)20(15,18)19/h2-9,11,17H,10H2,1H3,(H2,15,18,19). The van der Waals surface area contributed by atoms with Gasteiger partial charge in [-0.2, -0.15) is 0 Å². The van der Waals surface area contributed by atoms with Crippen molar-refractivity contribution in [1.29, 1.82) is 0 Å². The summed E-state index contributed by atoms with van der Waals surface area (Å²) in [4.78, 5) is 4.18. The minimum atomic E-state index is -3.63. The molecule has 3 N–H and O–H groups in total.